The quantitative estimate of drug-likeness (QED) is 0.668. The summed E-state index contributed by atoms with van der Waals surface area (Å²) in [6.07, 6.45) is 11.2. The van der Waals surface area contributed by atoms with E-state index >= 15 is 0 Å². The van der Waals surface area contributed by atoms with Crippen molar-refractivity contribution in [2.45, 2.75) is 77.4 Å². The Labute approximate surface area is 128 Å². The largest absolute Gasteiger partial charge is 0.393 e. The lowest BCUT2D eigenvalue weighted by atomic mass is 9.47. The predicted octanol–water partition coefficient (Wildman–Crippen LogP) is 3.67. The Kier molecular flexibility index (Phi) is 3.11. The van der Waals surface area contributed by atoms with Crippen molar-refractivity contribution in [3.05, 3.63) is 11.6 Å². The third kappa shape index (κ3) is 1.84. The van der Waals surface area contributed by atoms with E-state index in [1.54, 1.807) is 5.57 Å². The van der Waals surface area contributed by atoms with Crippen molar-refractivity contribution in [2.75, 3.05) is 0 Å². The van der Waals surface area contributed by atoms with Crippen molar-refractivity contribution in [1.29, 1.82) is 0 Å². The number of hydrogen-bond donors (Lipinski definition) is 2. The molecule has 0 aliphatic heterocycles. The molecule has 0 amide bonds. The zero-order valence-corrected chi connectivity index (χ0v) is 13.5. The molecule has 0 bridgehead atoms. The summed E-state index contributed by atoms with van der Waals surface area (Å²) in [5, 5.41) is 20.4. The molecule has 4 rings (SSSR count). The second kappa shape index (κ2) is 4.58. The Hall–Kier alpha value is -0.340. The average molecular weight is 290 g/mol. The van der Waals surface area contributed by atoms with E-state index in [9.17, 15) is 10.2 Å². The van der Waals surface area contributed by atoms with Crippen LogP contribution in [0.15, 0.2) is 11.6 Å². The van der Waals surface area contributed by atoms with Crippen molar-refractivity contribution in [1.82, 2.24) is 0 Å². The Morgan fingerprint density at radius 3 is 2.57 bits per heavy atom. The van der Waals surface area contributed by atoms with Crippen LogP contribution in [0.5, 0.6) is 0 Å². The zero-order chi connectivity index (χ0) is 14.8. The molecule has 3 saturated carbocycles. The summed E-state index contributed by atoms with van der Waals surface area (Å²) in [4.78, 5) is 0. The molecule has 0 heterocycles. The van der Waals surface area contributed by atoms with Gasteiger partial charge in [-0.05, 0) is 80.0 Å². The highest BCUT2D eigenvalue weighted by atomic mass is 16.3. The van der Waals surface area contributed by atoms with Crippen LogP contribution in [-0.4, -0.2) is 22.4 Å². The second-order valence-electron chi connectivity index (χ2n) is 8.77. The first kappa shape index (κ1) is 14.3. The molecule has 2 heteroatoms. The van der Waals surface area contributed by atoms with Crippen molar-refractivity contribution >= 4 is 0 Å². The van der Waals surface area contributed by atoms with E-state index in [2.05, 4.69) is 19.9 Å². The number of allylic oxidation sites excluding steroid dienone is 1. The standard InChI is InChI=1S/C19H30O2/c1-18-9-7-13(20)11-12(18)3-4-14-15-5-6-17(21)19(15,2)10-8-16(14)18/h11,13-17,20-21H,3-10H2,1-2H3/t13?,14-,15-,16-,17-,18-,19-/m0/s1. The predicted molar refractivity (Wildman–Crippen MR) is 83.7 cm³/mol. The summed E-state index contributed by atoms with van der Waals surface area (Å²) in [6, 6.07) is 0. The number of aliphatic hydroxyl groups excluding tert-OH is 2. The van der Waals surface area contributed by atoms with Crippen LogP contribution in [0.25, 0.3) is 0 Å². The summed E-state index contributed by atoms with van der Waals surface area (Å²) in [7, 11) is 0. The van der Waals surface area contributed by atoms with E-state index in [1.807, 2.05) is 0 Å². The summed E-state index contributed by atoms with van der Waals surface area (Å²) in [6.45, 7) is 4.82. The summed E-state index contributed by atoms with van der Waals surface area (Å²) >= 11 is 0. The lowest BCUT2D eigenvalue weighted by Gasteiger charge is -2.58. The maximum atomic E-state index is 10.5. The Morgan fingerprint density at radius 2 is 1.76 bits per heavy atom. The van der Waals surface area contributed by atoms with Gasteiger partial charge in [0.2, 0.25) is 0 Å². The van der Waals surface area contributed by atoms with Gasteiger partial charge in [-0.3, -0.25) is 0 Å². The topological polar surface area (TPSA) is 40.5 Å². The van der Waals surface area contributed by atoms with E-state index in [0.29, 0.717) is 5.41 Å². The van der Waals surface area contributed by atoms with Gasteiger partial charge >= 0.3 is 0 Å². The number of rotatable bonds is 0. The van der Waals surface area contributed by atoms with Gasteiger partial charge in [-0.1, -0.05) is 25.5 Å². The lowest BCUT2D eigenvalue weighted by molar-refractivity contribution is -0.0761. The van der Waals surface area contributed by atoms with Crippen LogP contribution < -0.4 is 0 Å². The molecular formula is C19H30O2. The monoisotopic (exact) mass is 290 g/mol. The molecule has 7 atom stereocenters. The Balaban J connectivity index is 1.67. The molecular weight excluding hydrogens is 260 g/mol. The normalized spacial score (nSPS) is 56.2. The molecule has 21 heavy (non-hydrogen) atoms. The number of aliphatic hydroxyl groups is 2. The van der Waals surface area contributed by atoms with Crippen molar-refractivity contribution in [3.63, 3.8) is 0 Å². The van der Waals surface area contributed by atoms with Gasteiger partial charge in [0.05, 0.1) is 12.2 Å². The van der Waals surface area contributed by atoms with Crippen LogP contribution >= 0.6 is 0 Å². The smallest absolute Gasteiger partial charge is 0.0724 e. The van der Waals surface area contributed by atoms with E-state index < -0.39 is 0 Å². The van der Waals surface area contributed by atoms with Gasteiger partial charge in [0.25, 0.3) is 0 Å². The van der Waals surface area contributed by atoms with Crippen LogP contribution in [0.3, 0.4) is 0 Å². The zero-order valence-electron chi connectivity index (χ0n) is 13.5. The fraction of sp³-hybridized carbons (Fsp3) is 0.895. The van der Waals surface area contributed by atoms with Gasteiger partial charge in [0.15, 0.2) is 0 Å². The van der Waals surface area contributed by atoms with Crippen LogP contribution in [0.4, 0.5) is 0 Å². The molecule has 0 saturated heterocycles. The molecule has 4 aliphatic rings. The Morgan fingerprint density at radius 1 is 0.952 bits per heavy atom. The molecule has 0 aromatic rings. The molecule has 0 aromatic heterocycles. The van der Waals surface area contributed by atoms with Crippen molar-refractivity contribution < 1.29 is 10.2 Å². The first-order valence-corrected chi connectivity index (χ1v) is 9.02. The minimum atomic E-state index is -0.202. The summed E-state index contributed by atoms with van der Waals surface area (Å²) in [5.41, 5.74) is 2.06. The molecule has 0 aromatic carbocycles. The van der Waals surface area contributed by atoms with Gasteiger partial charge in [-0.15, -0.1) is 0 Å². The third-order valence-corrected chi connectivity index (χ3v) is 8.04. The number of hydrogen-bond acceptors (Lipinski definition) is 2. The SMILES string of the molecule is C[C@]12CC[C@H]3[C@@H](CCC4=CC(O)CC[C@@]43C)[C@@H]1CC[C@@H]2O. The highest BCUT2D eigenvalue weighted by molar-refractivity contribution is 5.25. The highest BCUT2D eigenvalue weighted by Crippen LogP contribution is 2.65. The second-order valence-corrected chi connectivity index (χ2v) is 8.77. The highest BCUT2D eigenvalue weighted by Gasteiger charge is 2.58. The van der Waals surface area contributed by atoms with Crippen molar-refractivity contribution in [2.24, 2.45) is 28.6 Å². The average Bonchev–Trinajstić information content (AvgIpc) is 2.76. The van der Waals surface area contributed by atoms with E-state index in [4.69, 9.17) is 0 Å². The van der Waals surface area contributed by atoms with Gasteiger partial charge in [-0.2, -0.15) is 0 Å². The van der Waals surface area contributed by atoms with E-state index in [0.717, 1.165) is 37.0 Å². The first-order chi connectivity index (χ1) is 9.95. The molecule has 2 nitrogen and oxygen atoms in total. The summed E-state index contributed by atoms with van der Waals surface area (Å²) < 4.78 is 0. The molecule has 1 unspecified atom stereocenters. The maximum absolute atomic E-state index is 10.5. The Bertz CT molecular complexity index is 470. The van der Waals surface area contributed by atoms with E-state index in [1.165, 1.54) is 32.1 Å². The van der Waals surface area contributed by atoms with Crippen LogP contribution in [0.2, 0.25) is 0 Å². The maximum Gasteiger partial charge on any atom is 0.0724 e. The fourth-order valence-electron chi connectivity index (χ4n) is 6.68. The molecule has 0 spiro atoms. The molecule has 118 valence electrons. The van der Waals surface area contributed by atoms with Gasteiger partial charge in [0.1, 0.15) is 0 Å². The van der Waals surface area contributed by atoms with Gasteiger partial charge in [0, 0.05) is 0 Å². The molecule has 0 radical (unpaired) electrons. The van der Waals surface area contributed by atoms with Crippen LogP contribution in [0.1, 0.15) is 65.2 Å². The molecule has 3 fully saturated rings. The third-order valence-electron chi connectivity index (χ3n) is 8.04. The van der Waals surface area contributed by atoms with Gasteiger partial charge < -0.3 is 10.2 Å². The minimum Gasteiger partial charge on any atom is -0.393 e. The molecule has 2 N–H and O–H groups in total. The van der Waals surface area contributed by atoms with E-state index in [-0.39, 0.29) is 17.6 Å². The van der Waals surface area contributed by atoms with Crippen LogP contribution in [-0.2, 0) is 0 Å². The van der Waals surface area contributed by atoms with Gasteiger partial charge in [-0.25, -0.2) is 0 Å². The first-order valence-electron chi connectivity index (χ1n) is 9.02. The molecule has 4 aliphatic carbocycles. The van der Waals surface area contributed by atoms with Crippen molar-refractivity contribution in [3.8, 4) is 0 Å². The van der Waals surface area contributed by atoms with Crippen LogP contribution in [0, 0.1) is 28.6 Å². The minimum absolute atomic E-state index is 0.0682. The fourth-order valence-corrected chi connectivity index (χ4v) is 6.68. The summed E-state index contributed by atoms with van der Waals surface area (Å²) in [5.74, 6) is 2.32. The number of fused-ring (bicyclic) bond motifs is 5. The lowest BCUT2D eigenvalue weighted by Crippen LogP contribution is -2.51.